The number of anilines is 1. The summed E-state index contributed by atoms with van der Waals surface area (Å²) in [5, 5.41) is 24.6. The summed E-state index contributed by atoms with van der Waals surface area (Å²) in [6.07, 6.45) is 10.1. The van der Waals surface area contributed by atoms with Crippen molar-refractivity contribution in [3.63, 3.8) is 0 Å². The molecule has 0 saturated heterocycles. The van der Waals surface area contributed by atoms with Crippen molar-refractivity contribution in [2.45, 2.75) is 25.4 Å². The molecule has 10 nitrogen and oxygen atoms in total. The van der Waals surface area contributed by atoms with Crippen LogP contribution in [0.15, 0.2) is 42.9 Å². The molecule has 0 aromatic carbocycles. The maximum Gasteiger partial charge on any atom is 0.178 e. The predicted octanol–water partition coefficient (Wildman–Crippen LogP) is 2.28. The van der Waals surface area contributed by atoms with Crippen molar-refractivity contribution in [1.82, 2.24) is 39.9 Å². The molecular formula is C21H21N9O. The molecule has 2 N–H and O–H groups in total. The monoisotopic (exact) mass is 415 g/mol. The van der Waals surface area contributed by atoms with Gasteiger partial charge in [0.2, 0.25) is 0 Å². The number of rotatable bonds is 6. The number of pyridine rings is 1. The van der Waals surface area contributed by atoms with E-state index >= 15 is 0 Å². The quantitative estimate of drug-likeness (QED) is 0.494. The Morgan fingerprint density at radius 3 is 3.03 bits per heavy atom. The van der Waals surface area contributed by atoms with E-state index in [4.69, 9.17) is 9.84 Å². The summed E-state index contributed by atoms with van der Waals surface area (Å²) in [6, 6.07) is 6.37. The van der Waals surface area contributed by atoms with Crippen molar-refractivity contribution in [3.05, 3.63) is 54.4 Å². The van der Waals surface area contributed by atoms with Crippen LogP contribution in [0, 0.1) is 0 Å². The molecule has 5 heterocycles. The molecule has 0 atom stereocenters. The topological polar surface area (TPSA) is 107 Å². The number of methoxy groups -OCH3 is 1. The van der Waals surface area contributed by atoms with Crippen LogP contribution in [0.1, 0.15) is 30.4 Å². The summed E-state index contributed by atoms with van der Waals surface area (Å²) in [7, 11) is 1.63. The number of ether oxygens (including phenoxy) is 1. The maximum atomic E-state index is 5.27. The average Bonchev–Trinajstić information content (AvgIpc) is 3.40. The van der Waals surface area contributed by atoms with Crippen molar-refractivity contribution in [2.24, 2.45) is 0 Å². The zero-order valence-electron chi connectivity index (χ0n) is 17.0. The van der Waals surface area contributed by atoms with E-state index in [-0.39, 0.29) is 0 Å². The molecule has 0 spiro atoms. The van der Waals surface area contributed by atoms with Crippen LogP contribution >= 0.6 is 0 Å². The minimum absolute atomic E-state index is 0.470. The molecule has 156 valence electrons. The van der Waals surface area contributed by atoms with Gasteiger partial charge in [-0.05, 0) is 31.1 Å². The zero-order chi connectivity index (χ0) is 20.8. The Bertz CT molecular complexity index is 1300. The molecule has 0 unspecified atom stereocenters. The highest BCUT2D eigenvalue weighted by atomic mass is 16.5. The standard InChI is InChI=1S/C21H21N9O/c1-31-15-8-18-21(24-10-15)17(6-7-22-18)23-11-20-27-26-19-5-4-16(28-30(19)20)13-9-25-29(12-13)14-2-3-14/h4-6,8-10,12,14,22-23H,2-3,7,11H2,1H3. The van der Waals surface area contributed by atoms with Gasteiger partial charge in [-0.15, -0.1) is 10.2 Å². The van der Waals surface area contributed by atoms with Crippen LogP contribution in [0.2, 0.25) is 0 Å². The summed E-state index contributed by atoms with van der Waals surface area (Å²) in [6.45, 7) is 1.18. The van der Waals surface area contributed by atoms with E-state index < -0.39 is 0 Å². The van der Waals surface area contributed by atoms with E-state index in [1.54, 1.807) is 17.8 Å². The fraction of sp³-hybridized carbons (Fsp3) is 0.286. The third kappa shape index (κ3) is 3.25. The molecule has 31 heavy (non-hydrogen) atoms. The Labute approximate surface area is 178 Å². The summed E-state index contributed by atoms with van der Waals surface area (Å²) in [5.41, 5.74) is 5.27. The summed E-state index contributed by atoms with van der Waals surface area (Å²) in [4.78, 5) is 4.52. The minimum Gasteiger partial charge on any atom is -0.495 e. The summed E-state index contributed by atoms with van der Waals surface area (Å²) < 4.78 is 9.08. The molecule has 1 saturated carbocycles. The Morgan fingerprint density at radius 1 is 1.23 bits per heavy atom. The average molecular weight is 415 g/mol. The second-order valence-electron chi connectivity index (χ2n) is 7.67. The van der Waals surface area contributed by atoms with Gasteiger partial charge in [0.05, 0.1) is 49.2 Å². The van der Waals surface area contributed by atoms with Crippen LogP contribution in [0.5, 0.6) is 5.75 Å². The van der Waals surface area contributed by atoms with E-state index in [1.807, 2.05) is 29.1 Å². The molecule has 1 fully saturated rings. The van der Waals surface area contributed by atoms with Crippen LogP contribution in [0.25, 0.3) is 22.6 Å². The summed E-state index contributed by atoms with van der Waals surface area (Å²) >= 11 is 0. The van der Waals surface area contributed by atoms with Gasteiger partial charge < -0.3 is 15.4 Å². The van der Waals surface area contributed by atoms with Crippen LogP contribution in [0.4, 0.5) is 5.69 Å². The van der Waals surface area contributed by atoms with Gasteiger partial charge in [-0.2, -0.15) is 14.7 Å². The first-order valence-corrected chi connectivity index (χ1v) is 10.3. The SMILES string of the molecule is COc1cnc2c(c1)NCC=C2NCc1nnc2ccc(-c3cnn(C4CC4)c3)nn12. The van der Waals surface area contributed by atoms with E-state index in [0.29, 0.717) is 24.8 Å². The van der Waals surface area contributed by atoms with Crippen molar-refractivity contribution in [1.29, 1.82) is 0 Å². The zero-order valence-corrected chi connectivity index (χ0v) is 17.0. The van der Waals surface area contributed by atoms with Crippen LogP contribution < -0.4 is 15.4 Å². The molecule has 4 aromatic heterocycles. The van der Waals surface area contributed by atoms with E-state index in [2.05, 4.69) is 43.2 Å². The van der Waals surface area contributed by atoms with Crippen molar-refractivity contribution >= 4 is 17.0 Å². The first-order valence-electron chi connectivity index (χ1n) is 10.3. The van der Waals surface area contributed by atoms with Crippen molar-refractivity contribution in [3.8, 4) is 17.0 Å². The van der Waals surface area contributed by atoms with Crippen molar-refractivity contribution < 1.29 is 4.74 Å². The molecule has 1 aliphatic carbocycles. The van der Waals surface area contributed by atoms with Gasteiger partial charge in [-0.1, -0.05) is 0 Å². The highest BCUT2D eigenvalue weighted by Gasteiger charge is 2.24. The fourth-order valence-corrected chi connectivity index (χ4v) is 3.70. The number of aromatic nitrogens is 7. The molecule has 2 aliphatic rings. The van der Waals surface area contributed by atoms with Gasteiger partial charge in [0.1, 0.15) is 11.4 Å². The smallest absolute Gasteiger partial charge is 0.178 e. The Hall–Kier alpha value is -3.95. The number of fused-ring (bicyclic) bond motifs is 2. The maximum absolute atomic E-state index is 5.27. The highest BCUT2D eigenvalue weighted by Crippen LogP contribution is 2.35. The lowest BCUT2D eigenvalue weighted by molar-refractivity contribution is 0.413. The van der Waals surface area contributed by atoms with Gasteiger partial charge in [0.15, 0.2) is 11.5 Å². The molecule has 1 aliphatic heterocycles. The van der Waals surface area contributed by atoms with E-state index in [1.165, 1.54) is 12.8 Å². The van der Waals surface area contributed by atoms with E-state index in [0.717, 1.165) is 39.9 Å². The molecule has 6 rings (SSSR count). The van der Waals surface area contributed by atoms with Crippen LogP contribution in [-0.2, 0) is 6.54 Å². The largest absolute Gasteiger partial charge is 0.495 e. The first kappa shape index (κ1) is 17.9. The Kier molecular flexibility index (Phi) is 4.08. The van der Waals surface area contributed by atoms with Crippen LogP contribution in [-0.4, -0.2) is 48.2 Å². The molecule has 10 heteroatoms. The third-order valence-electron chi connectivity index (χ3n) is 5.53. The number of hydrogen-bond donors (Lipinski definition) is 2. The molecule has 0 bridgehead atoms. The normalized spacial score (nSPS) is 15.3. The highest BCUT2D eigenvalue weighted by molar-refractivity contribution is 5.76. The van der Waals surface area contributed by atoms with Gasteiger partial charge in [-0.3, -0.25) is 4.68 Å². The minimum atomic E-state index is 0.470. The number of nitrogens with one attached hydrogen (secondary N) is 2. The molecule has 0 radical (unpaired) electrons. The second-order valence-corrected chi connectivity index (χ2v) is 7.67. The summed E-state index contributed by atoms with van der Waals surface area (Å²) in [5.74, 6) is 1.44. The van der Waals surface area contributed by atoms with Gasteiger partial charge in [0.25, 0.3) is 0 Å². The van der Waals surface area contributed by atoms with Gasteiger partial charge >= 0.3 is 0 Å². The molecule has 0 amide bonds. The lowest BCUT2D eigenvalue weighted by atomic mass is 10.1. The van der Waals surface area contributed by atoms with Gasteiger partial charge in [-0.25, -0.2) is 4.98 Å². The third-order valence-corrected chi connectivity index (χ3v) is 5.53. The Morgan fingerprint density at radius 2 is 2.16 bits per heavy atom. The predicted molar refractivity (Wildman–Crippen MR) is 114 cm³/mol. The second kappa shape index (κ2) is 7.08. The number of nitrogens with zero attached hydrogens (tertiary/aromatic N) is 7. The van der Waals surface area contributed by atoms with Crippen LogP contribution in [0.3, 0.4) is 0 Å². The molecular weight excluding hydrogens is 394 g/mol. The van der Waals surface area contributed by atoms with Gasteiger partial charge in [0, 0.05) is 24.4 Å². The Balaban J connectivity index is 1.25. The molecule has 4 aromatic rings. The lowest BCUT2D eigenvalue weighted by Crippen LogP contribution is -2.21. The van der Waals surface area contributed by atoms with Crippen molar-refractivity contribution in [2.75, 3.05) is 19.0 Å². The van der Waals surface area contributed by atoms with E-state index in [9.17, 15) is 0 Å². The fourth-order valence-electron chi connectivity index (χ4n) is 3.70. The number of hydrogen-bond acceptors (Lipinski definition) is 8. The lowest BCUT2D eigenvalue weighted by Gasteiger charge is -2.19. The first-order chi connectivity index (χ1) is 15.3.